The molecule has 25 heavy (non-hydrogen) atoms. The molecule has 0 aliphatic heterocycles. The largest absolute Gasteiger partial charge is 0.497 e. The zero-order valence-corrected chi connectivity index (χ0v) is 15.6. The second kappa shape index (κ2) is 8.18. The van der Waals surface area contributed by atoms with Crippen LogP contribution in [0.3, 0.4) is 0 Å². The highest BCUT2D eigenvalue weighted by Crippen LogP contribution is 2.21. The van der Waals surface area contributed by atoms with Gasteiger partial charge >= 0.3 is 0 Å². The molecule has 0 saturated carbocycles. The Balaban J connectivity index is 1.66. The highest BCUT2D eigenvalue weighted by Gasteiger charge is 2.12. The number of carbonyl (C=O) groups is 1. The number of aromatic nitrogens is 1. The third kappa shape index (κ3) is 4.61. The molecular formula is C19H18N2O2S2. The Morgan fingerprint density at radius 1 is 1.24 bits per heavy atom. The van der Waals surface area contributed by atoms with Gasteiger partial charge in [0.25, 0.3) is 5.91 Å². The molecule has 0 bridgehead atoms. The summed E-state index contributed by atoms with van der Waals surface area (Å²) in [5.41, 5.74) is 2.36. The average Bonchev–Trinajstić information content (AvgIpc) is 3.11. The van der Waals surface area contributed by atoms with E-state index in [1.54, 1.807) is 24.3 Å². The SMILES string of the molecule is COc1ccc(Cc2nc(C(=O)Nc3cccc(SC)c3)cs2)cc1. The molecule has 1 amide bonds. The number of methoxy groups -OCH3 is 1. The van der Waals surface area contributed by atoms with Crippen LogP contribution in [-0.4, -0.2) is 24.3 Å². The van der Waals surface area contributed by atoms with Crippen molar-refractivity contribution in [2.24, 2.45) is 0 Å². The highest BCUT2D eigenvalue weighted by atomic mass is 32.2. The Hall–Kier alpha value is -2.31. The van der Waals surface area contributed by atoms with Crippen LogP contribution in [-0.2, 0) is 6.42 Å². The fourth-order valence-electron chi connectivity index (χ4n) is 2.31. The van der Waals surface area contributed by atoms with Crippen LogP contribution in [0.1, 0.15) is 21.1 Å². The third-order valence-corrected chi connectivity index (χ3v) is 5.20. The Kier molecular flexibility index (Phi) is 5.73. The molecule has 0 fully saturated rings. The quantitative estimate of drug-likeness (QED) is 0.638. The van der Waals surface area contributed by atoms with E-state index in [4.69, 9.17) is 4.74 Å². The monoisotopic (exact) mass is 370 g/mol. The van der Waals surface area contributed by atoms with Gasteiger partial charge in [-0.15, -0.1) is 23.1 Å². The summed E-state index contributed by atoms with van der Waals surface area (Å²) in [6, 6.07) is 15.6. The zero-order chi connectivity index (χ0) is 17.6. The molecule has 0 atom stereocenters. The van der Waals surface area contributed by atoms with Crippen LogP contribution in [0.2, 0.25) is 0 Å². The lowest BCUT2D eigenvalue weighted by Crippen LogP contribution is -2.12. The van der Waals surface area contributed by atoms with Crippen molar-refractivity contribution in [3.63, 3.8) is 0 Å². The van der Waals surface area contributed by atoms with Gasteiger partial charge in [-0.05, 0) is 42.2 Å². The molecule has 0 aliphatic carbocycles. The second-order valence-corrected chi connectivity index (χ2v) is 7.16. The summed E-state index contributed by atoms with van der Waals surface area (Å²) in [6.45, 7) is 0. The normalized spacial score (nSPS) is 10.5. The van der Waals surface area contributed by atoms with Gasteiger partial charge in [0.1, 0.15) is 11.4 Å². The summed E-state index contributed by atoms with van der Waals surface area (Å²) in [5.74, 6) is 0.644. The van der Waals surface area contributed by atoms with Crippen molar-refractivity contribution in [2.75, 3.05) is 18.7 Å². The minimum atomic E-state index is -0.185. The third-order valence-electron chi connectivity index (χ3n) is 3.63. The molecule has 6 heteroatoms. The Morgan fingerprint density at radius 2 is 2.04 bits per heavy atom. The first-order chi connectivity index (χ1) is 12.2. The number of nitrogens with zero attached hydrogens (tertiary/aromatic N) is 1. The van der Waals surface area contributed by atoms with Gasteiger partial charge in [-0.1, -0.05) is 18.2 Å². The first-order valence-corrected chi connectivity index (χ1v) is 9.81. The molecule has 0 spiro atoms. The lowest BCUT2D eigenvalue weighted by atomic mass is 10.1. The van der Waals surface area contributed by atoms with Crippen LogP contribution in [0, 0.1) is 0 Å². The highest BCUT2D eigenvalue weighted by molar-refractivity contribution is 7.98. The van der Waals surface area contributed by atoms with Crippen LogP contribution in [0.5, 0.6) is 5.75 Å². The van der Waals surface area contributed by atoms with Gasteiger partial charge in [0, 0.05) is 22.4 Å². The maximum atomic E-state index is 12.4. The fraction of sp³-hybridized carbons (Fsp3) is 0.158. The smallest absolute Gasteiger partial charge is 0.275 e. The number of benzene rings is 2. The number of thiazole rings is 1. The first kappa shape index (κ1) is 17.5. The molecule has 1 N–H and O–H groups in total. The predicted molar refractivity (Wildman–Crippen MR) is 104 cm³/mol. The van der Waals surface area contributed by atoms with Crippen molar-refractivity contribution in [2.45, 2.75) is 11.3 Å². The van der Waals surface area contributed by atoms with Crippen molar-refractivity contribution in [3.05, 3.63) is 70.2 Å². The summed E-state index contributed by atoms with van der Waals surface area (Å²) in [6.07, 6.45) is 2.71. The second-order valence-electron chi connectivity index (χ2n) is 5.34. The summed E-state index contributed by atoms with van der Waals surface area (Å²) < 4.78 is 5.16. The van der Waals surface area contributed by atoms with Crippen molar-refractivity contribution < 1.29 is 9.53 Å². The maximum Gasteiger partial charge on any atom is 0.275 e. The van der Waals surface area contributed by atoms with Crippen molar-refractivity contribution in [1.82, 2.24) is 4.98 Å². The lowest BCUT2D eigenvalue weighted by Gasteiger charge is -2.04. The lowest BCUT2D eigenvalue weighted by molar-refractivity contribution is 0.102. The Morgan fingerprint density at radius 3 is 2.76 bits per heavy atom. The number of anilines is 1. The number of carbonyl (C=O) groups excluding carboxylic acids is 1. The molecule has 3 aromatic rings. The minimum Gasteiger partial charge on any atom is -0.497 e. The van der Waals surface area contributed by atoms with E-state index in [1.165, 1.54) is 11.3 Å². The summed E-state index contributed by atoms with van der Waals surface area (Å²) >= 11 is 3.13. The molecule has 1 heterocycles. The van der Waals surface area contributed by atoms with Crippen LogP contribution in [0.25, 0.3) is 0 Å². The Labute approximate surface area is 155 Å². The summed E-state index contributed by atoms with van der Waals surface area (Å²) in [4.78, 5) is 17.9. The van der Waals surface area contributed by atoms with Gasteiger partial charge < -0.3 is 10.1 Å². The van der Waals surface area contributed by atoms with E-state index in [1.807, 2.05) is 54.8 Å². The number of hydrogen-bond acceptors (Lipinski definition) is 5. The van der Waals surface area contributed by atoms with E-state index in [0.29, 0.717) is 12.1 Å². The van der Waals surface area contributed by atoms with Crippen LogP contribution >= 0.6 is 23.1 Å². The maximum absolute atomic E-state index is 12.4. The van der Waals surface area contributed by atoms with Crippen molar-refractivity contribution >= 4 is 34.7 Å². The number of thioether (sulfide) groups is 1. The van der Waals surface area contributed by atoms with E-state index < -0.39 is 0 Å². The molecule has 1 aromatic heterocycles. The number of hydrogen-bond donors (Lipinski definition) is 1. The fourth-order valence-corrected chi connectivity index (χ4v) is 3.58. The van der Waals surface area contributed by atoms with Gasteiger partial charge in [0.15, 0.2) is 0 Å². The predicted octanol–water partition coefficient (Wildman–Crippen LogP) is 4.72. The van der Waals surface area contributed by atoms with Crippen LogP contribution in [0.15, 0.2) is 58.8 Å². The van der Waals surface area contributed by atoms with Gasteiger partial charge in [-0.3, -0.25) is 4.79 Å². The first-order valence-electron chi connectivity index (χ1n) is 7.70. The summed E-state index contributed by atoms with van der Waals surface area (Å²) in [7, 11) is 1.65. The minimum absolute atomic E-state index is 0.185. The van der Waals surface area contributed by atoms with Gasteiger partial charge in [-0.2, -0.15) is 0 Å². The number of amides is 1. The number of rotatable bonds is 6. The van der Waals surface area contributed by atoms with Gasteiger partial charge in [0.2, 0.25) is 0 Å². The zero-order valence-electron chi connectivity index (χ0n) is 14.0. The molecular weight excluding hydrogens is 352 g/mol. The van der Waals surface area contributed by atoms with Crippen molar-refractivity contribution in [3.8, 4) is 5.75 Å². The average molecular weight is 370 g/mol. The topological polar surface area (TPSA) is 51.2 Å². The summed E-state index contributed by atoms with van der Waals surface area (Å²) in [5, 5.41) is 5.61. The van der Waals surface area contributed by atoms with Crippen LogP contribution < -0.4 is 10.1 Å². The molecule has 0 unspecified atom stereocenters. The van der Waals surface area contributed by atoms with E-state index in [2.05, 4.69) is 10.3 Å². The molecule has 0 saturated heterocycles. The van der Waals surface area contributed by atoms with E-state index in [-0.39, 0.29) is 5.91 Å². The molecule has 2 aromatic carbocycles. The van der Waals surface area contributed by atoms with Gasteiger partial charge in [-0.25, -0.2) is 4.98 Å². The molecule has 0 aliphatic rings. The van der Waals surface area contributed by atoms with Gasteiger partial charge in [0.05, 0.1) is 12.1 Å². The number of ether oxygens (including phenoxy) is 1. The van der Waals surface area contributed by atoms with Crippen LogP contribution in [0.4, 0.5) is 5.69 Å². The van der Waals surface area contributed by atoms with E-state index in [9.17, 15) is 4.79 Å². The standard InChI is InChI=1S/C19H18N2O2S2/c1-23-15-8-6-13(7-9-15)10-18-21-17(12-25-18)19(22)20-14-4-3-5-16(11-14)24-2/h3-9,11-12H,10H2,1-2H3,(H,20,22). The Bertz CT molecular complexity index is 860. The van der Waals surface area contributed by atoms with E-state index >= 15 is 0 Å². The molecule has 128 valence electrons. The molecule has 0 radical (unpaired) electrons. The number of nitrogens with one attached hydrogen (secondary N) is 1. The van der Waals surface area contributed by atoms with Crippen molar-refractivity contribution in [1.29, 1.82) is 0 Å². The molecule has 3 rings (SSSR count). The molecule has 4 nitrogen and oxygen atoms in total. The van der Waals surface area contributed by atoms with E-state index in [0.717, 1.165) is 26.9 Å².